The van der Waals surface area contributed by atoms with Crippen LogP contribution in [0.2, 0.25) is 0 Å². The summed E-state index contributed by atoms with van der Waals surface area (Å²) in [7, 11) is 0. The van der Waals surface area contributed by atoms with Crippen molar-refractivity contribution in [2.24, 2.45) is 5.73 Å². The fourth-order valence-corrected chi connectivity index (χ4v) is 1.65. The average Bonchev–Trinajstić information content (AvgIpc) is 2.49. The summed E-state index contributed by atoms with van der Waals surface area (Å²) in [5.41, 5.74) is 8.10. The number of halogens is 1. The van der Waals surface area contributed by atoms with E-state index in [0.717, 1.165) is 6.54 Å². The topological polar surface area (TPSA) is 30.9 Å². The van der Waals surface area contributed by atoms with E-state index in [-0.39, 0.29) is 12.4 Å². The summed E-state index contributed by atoms with van der Waals surface area (Å²) in [6.45, 7) is 3.70. The maximum atomic E-state index is 5.52. The summed E-state index contributed by atoms with van der Waals surface area (Å²) in [6.07, 6.45) is 2.09. The summed E-state index contributed by atoms with van der Waals surface area (Å²) >= 11 is 0. The second kappa shape index (κ2) is 4.49. The Kier molecular flexibility index (Phi) is 3.55. The minimum atomic E-state index is 0. The van der Waals surface area contributed by atoms with E-state index in [2.05, 4.69) is 42.0 Å². The van der Waals surface area contributed by atoms with Crippen LogP contribution < -0.4 is 5.73 Å². The molecule has 14 heavy (non-hydrogen) atoms. The molecule has 0 spiro atoms. The van der Waals surface area contributed by atoms with E-state index in [4.69, 9.17) is 5.73 Å². The van der Waals surface area contributed by atoms with Gasteiger partial charge in [-0.2, -0.15) is 0 Å². The Morgan fingerprint density at radius 3 is 2.79 bits per heavy atom. The van der Waals surface area contributed by atoms with Gasteiger partial charge in [-0.15, -0.1) is 12.4 Å². The van der Waals surface area contributed by atoms with Gasteiger partial charge in [0.25, 0.3) is 0 Å². The number of aromatic nitrogens is 1. The molecule has 0 saturated carbocycles. The van der Waals surface area contributed by atoms with E-state index >= 15 is 0 Å². The second-order valence-corrected chi connectivity index (χ2v) is 3.36. The summed E-state index contributed by atoms with van der Waals surface area (Å²) in [5.74, 6) is 0. The molecule has 1 heterocycles. The molecule has 1 aromatic carbocycles. The van der Waals surface area contributed by atoms with Gasteiger partial charge >= 0.3 is 0 Å². The van der Waals surface area contributed by atoms with Crippen molar-refractivity contribution in [1.29, 1.82) is 0 Å². The van der Waals surface area contributed by atoms with Gasteiger partial charge in [-0.3, -0.25) is 0 Å². The zero-order chi connectivity index (χ0) is 9.26. The first-order chi connectivity index (χ1) is 6.31. The summed E-state index contributed by atoms with van der Waals surface area (Å²) in [5, 5.41) is 1.30. The lowest BCUT2D eigenvalue weighted by atomic mass is 10.2. The first-order valence-corrected chi connectivity index (χ1v) is 4.57. The van der Waals surface area contributed by atoms with Gasteiger partial charge in [0.05, 0.1) is 0 Å². The SMILES string of the molecule is Cc1ccc2c(ccn2CCN)c1.Cl. The molecule has 0 aliphatic rings. The Morgan fingerprint density at radius 2 is 2.07 bits per heavy atom. The first kappa shape index (κ1) is 11.1. The van der Waals surface area contributed by atoms with Gasteiger partial charge < -0.3 is 10.3 Å². The van der Waals surface area contributed by atoms with Crippen LogP contribution in [0.4, 0.5) is 0 Å². The van der Waals surface area contributed by atoms with Crippen LogP contribution >= 0.6 is 12.4 Å². The maximum absolute atomic E-state index is 5.52. The number of hydrogen-bond acceptors (Lipinski definition) is 1. The Hall–Kier alpha value is -0.990. The van der Waals surface area contributed by atoms with Crippen LogP contribution in [0.3, 0.4) is 0 Å². The third-order valence-corrected chi connectivity index (χ3v) is 2.30. The van der Waals surface area contributed by atoms with Crippen molar-refractivity contribution >= 4 is 23.3 Å². The molecule has 0 atom stereocenters. The lowest BCUT2D eigenvalue weighted by molar-refractivity contribution is 0.735. The molecule has 2 aromatic rings. The molecular formula is C11H15ClN2. The number of fused-ring (bicyclic) bond motifs is 1. The van der Waals surface area contributed by atoms with E-state index in [1.807, 2.05) is 0 Å². The van der Waals surface area contributed by atoms with E-state index in [1.165, 1.54) is 16.5 Å². The van der Waals surface area contributed by atoms with Crippen LogP contribution in [0, 0.1) is 6.92 Å². The zero-order valence-corrected chi connectivity index (χ0v) is 9.05. The second-order valence-electron chi connectivity index (χ2n) is 3.36. The van der Waals surface area contributed by atoms with Gasteiger partial charge in [0.1, 0.15) is 0 Å². The highest BCUT2D eigenvalue weighted by Crippen LogP contribution is 2.16. The van der Waals surface area contributed by atoms with E-state index in [0.29, 0.717) is 6.54 Å². The molecule has 1 aromatic heterocycles. The molecule has 2 nitrogen and oxygen atoms in total. The fourth-order valence-electron chi connectivity index (χ4n) is 1.65. The smallest absolute Gasteiger partial charge is 0.0480 e. The van der Waals surface area contributed by atoms with Crippen molar-refractivity contribution < 1.29 is 0 Å². The fraction of sp³-hybridized carbons (Fsp3) is 0.273. The molecule has 76 valence electrons. The lowest BCUT2D eigenvalue weighted by Gasteiger charge is -2.02. The van der Waals surface area contributed by atoms with Gasteiger partial charge in [-0.25, -0.2) is 0 Å². The molecule has 0 aliphatic heterocycles. The molecule has 2 rings (SSSR count). The Labute approximate surface area is 90.1 Å². The molecule has 3 heteroatoms. The monoisotopic (exact) mass is 210 g/mol. The number of aryl methyl sites for hydroxylation is 1. The van der Waals surface area contributed by atoms with Gasteiger partial charge in [0.2, 0.25) is 0 Å². The molecule has 0 amide bonds. The van der Waals surface area contributed by atoms with Gasteiger partial charge in [-0.05, 0) is 30.5 Å². The molecule has 0 unspecified atom stereocenters. The molecular weight excluding hydrogens is 196 g/mol. The molecule has 0 aliphatic carbocycles. The lowest BCUT2D eigenvalue weighted by Crippen LogP contribution is -2.08. The number of benzene rings is 1. The third-order valence-electron chi connectivity index (χ3n) is 2.30. The van der Waals surface area contributed by atoms with Crippen molar-refractivity contribution in [3.63, 3.8) is 0 Å². The third kappa shape index (κ3) is 1.91. The maximum Gasteiger partial charge on any atom is 0.0480 e. The average molecular weight is 211 g/mol. The van der Waals surface area contributed by atoms with Crippen LogP contribution in [0.25, 0.3) is 10.9 Å². The summed E-state index contributed by atoms with van der Waals surface area (Å²) < 4.78 is 2.19. The predicted octanol–water partition coefficient (Wildman–Crippen LogP) is 2.33. The Balaban J connectivity index is 0.000000980. The van der Waals surface area contributed by atoms with Crippen LogP contribution in [-0.2, 0) is 6.54 Å². The molecule has 2 N–H and O–H groups in total. The number of nitrogens with two attached hydrogens (primary N) is 1. The highest BCUT2D eigenvalue weighted by molar-refractivity contribution is 5.85. The van der Waals surface area contributed by atoms with Crippen molar-refractivity contribution in [2.75, 3.05) is 6.54 Å². The van der Waals surface area contributed by atoms with Crippen molar-refractivity contribution in [1.82, 2.24) is 4.57 Å². The molecule has 0 radical (unpaired) electrons. The van der Waals surface area contributed by atoms with E-state index in [1.54, 1.807) is 0 Å². The summed E-state index contributed by atoms with van der Waals surface area (Å²) in [4.78, 5) is 0. The van der Waals surface area contributed by atoms with Crippen molar-refractivity contribution in [3.8, 4) is 0 Å². The minimum absolute atomic E-state index is 0. The number of hydrogen-bond donors (Lipinski definition) is 1. The molecule has 0 bridgehead atoms. The van der Waals surface area contributed by atoms with Crippen molar-refractivity contribution in [3.05, 3.63) is 36.0 Å². The van der Waals surface area contributed by atoms with Crippen LogP contribution in [0.15, 0.2) is 30.5 Å². The largest absolute Gasteiger partial charge is 0.346 e. The number of nitrogens with zero attached hydrogens (tertiary/aromatic N) is 1. The first-order valence-electron chi connectivity index (χ1n) is 4.57. The summed E-state index contributed by atoms with van der Waals surface area (Å²) in [6, 6.07) is 8.62. The van der Waals surface area contributed by atoms with Crippen LogP contribution in [-0.4, -0.2) is 11.1 Å². The van der Waals surface area contributed by atoms with Gasteiger partial charge in [0.15, 0.2) is 0 Å². The van der Waals surface area contributed by atoms with Gasteiger partial charge in [-0.1, -0.05) is 11.6 Å². The normalized spacial score (nSPS) is 10.1. The molecule has 0 fully saturated rings. The van der Waals surface area contributed by atoms with Crippen molar-refractivity contribution in [2.45, 2.75) is 13.5 Å². The quantitative estimate of drug-likeness (QED) is 0.811. The van der Waals surface area contributed by atoms with Gasteiger partial charge in [0, 0.05) is 24.8 Å². The number of rotatable bonds is 2. The van der Waals surface area contributed by atoms with E-state index < -0.39 is 0 Å². The van der Waals surface area contributed by atoms with Crippen LogP contribution in [0.5, 0.6) is 0 Å². The zero-order valence-electron chi connectivity index (χ0n) is 8.23. The molecule has 0 saturated heterocycles. The standard InChI is InChI=1S/C11H14N2.ClH/c1-9-2-3-11-10(8-9)4-6-13(11)7-5-12;/h2-4,6,8H,5,7,12H2,1H3;1H. The minimum Gasteiger partial charge on any atom is -0.346 e. The Morgan fingerprint density at radius 1 is 1.29 bits per heavy atom. The van der Waals surface area contributed by atoms with Crippen LogP contribution in [0.1, 0.15) is 5.56 Å². The Bertz CT molecular complexity index is 420. The predicted molar refractivity (Wildman–Crippen MR) is 63.0 cm³/mol. The highest BCUT2D eigenvalue weighted by Gasteiger charge is 1.98. The van der Waals surface area contributed by atoms with E-state index in [9.17, 15) is 0 Å². The highest BCUT2D eigenvalue weighted by atomic mass is 35.5.